The number of nitrogens with zero attached hydrogens (tertiary/aromatic N) is 3. The van der Waals surface area contributed by atoms with Crippen LogP contribution >= 0.6 is 45.3 Å². The van der Waals surface area contributed by atoms with E-state index in [1.54, 1.807) is 22.7 Å². The SMILES string of the molecule is CC(C)Cc1ccc(N(c2ccc(CC(C)C)cc2)c2ccc(-c3sc(-c4sc(C=c5s/c(=C(/C#N)C(=O)O)nc5-c5ccccc5)c5c4OCCO5)c4c3OCCO4)s2)cc1. The van der Waals surface area contributed by atoms with Gasteiger partial charge in [0, 0.05) is 16.9 Å². The van der Waals surface area contributed by atoms with Crippen molar-refractivity contribution in [2.45, 2.75) is 40.5 Å². The lowest BCUT2D eigenvalue weighted by Gasteiger charge is -2.24. The lowest BCUT2D eigenvalue weighted by molar-refractivity contribution is -0.130. The van der Waals surface area contributed by atoms with Crippen molar-refractivity contribution in [1.29, 1.82) is 5.26 Å². The van der Waals surface area contributed by atoms with E-state index in [0.717, 1.165) is 70.5 Å². The Kier molecular flexibility index (Phi) is 11.9. The Labute approximate surface area is 376 Å². The van der Waals surface area contributed by atoms with Gasteiger partial charge in [0.25, 0.3) is 0 Å². The molecule has 4 aromatic heterocycles. The third-order valence-electron chi connectivity index (χ3n) is 10.2. The largest absolute Gasteiger partial charge is 0.485 e. The molecule has 0 radical (unpaired) electrons. The molecule has 0 saturated heterocycles. The van der Waals surface area contributed by atoms with Crippen molar-refractivity contribution in [2.24, 2.45) is 11.8 Å². The molecule has 0 spiro atoms. The zero-order chi connectivity index (χ0) is 42.9. The van der Waals surface area contributed by atoms with E-state index in [0.29, 0.717) is 71.5 Å². The number of carboxylic acids is 1. The first kappa shape index (κ1) is 41.4. The fraction of sp³-hybridized carbons (Fsp3) is 0.245. The van der Waals surface area contributed by atoms with Gasteiger partial charge in [-0.25, -0.2) is 9.78 Å². The highest BCUT2D eigenvalue weighted by Gasteiger charge is 2.33. The van der Waals surface area contributed by atoms with Gasteiger partial charge in [-0.15, -0.1) is 45.3 Å². The highest BCUT2D eigenvalue weighted by atomic mass is 32.1. The van der Waals surface area contributed by atoms with Crippen LogP contribution in [0.5, 0.6) is 23.0 Å². The molecule has 0 aliphatic carbocycles. The van der Waals surface area contributed by atoms with Crippen molar-refractivity contribution in [2.75, 3.05) is 31.3 Å². The van der Waals surface area contributed by atoms with Gasteiger partial charge in [0.05, 0.1) is 34.6 Å². The fourth-order valence-electron chi connectivity index (χ4n) is 7.60. The van der Waals surface area contributed by atoms with E-state index in [1.165, 1.54) is 22.5 Å². The minimum absolute atomic E-state index is 0.135. The number of thiazole rings is 1. The maximum atomic E-state index is 12.0. The van der Waals surface area contributed by atoms with Crippen LogP contribution in [-0.4, -0.2) is 42.5 Å². The minimum Gasteiger partial charge on any atom is -0.485 e. The number of nitriles is 1. The molecular formula is C49H43N3O6S4. The van der Waals surface area contributed by atoms with Crippen LogP contribution in [0.1, 0.15) is 43.7 Å². The number of benzene rings is 3. The van der Waals surface area contributed by atoms with E-state index >= 15 is 0 Å². The molecule has 0 bridgehead atoms. The standard InChI is InChI=1S/C49H43N3O6S4/c1-28(2)24-30-10-14-33(15-11-30)52(34-16-12-31(13-17-34)25-29(3)4)39-19-18-36(59-39)45-43-44(58-23-22-57-43)47(62-45)46-42-41(55-20-21-56-42)38(60-46)26-37-40(32-8-6-5-7-9-32)51-48(61-37)35(27-50)49(53)54/h5-19,26,28-29H,20-25H2,1-4H3,(H,53,54)/b37-26?,48-35-. The van der Waals surface area contributed by atoms with Gasteiger partial charge in [-0.1, -0.05) is 82.3 Å². The lowest BCUT2D eigenvalue weighted by atomic mass is 10.0. The predicted octanol–water partition coefficient (Wildman–Crippen LogP) is 11.3. The van der Waals surface area contributed by atoms with Crippen molar-refractivity contribution in [3.05, 3.63) is 116 Å². The number of carboxylic acid groups (broad SMARTS) is 1. The Morgan fingerprint density at radius 1 is 0.710 bits per heavy atom. The normalized spacial score (nSPS) is 14.0. The van der Waals surface area contributed by atoms with E-state index in [1.807, 2.05) is 42.5 Å². The number of ether oxygens (including phenoxy) is 4. The third kappa shape index (κ3) is 8.35. The molecule has 0 saturated carbocycles. The molecule has 314 valence electrons. The maximum Gasteiger partial charge on any atom is 0.349 e. The number of aromatic nitrogens is 1. The lowest BCUT2D eigenvalue weighted by Crippen LogP contribution is -2.15. The molecule has 2 aliphatic heterocycles. The van der Waals surface area contributed by atoms with Crippen LogP contribution in [0.2, 0.25) is 0 Å². The number of carbonyl (C=O) groups is 1. The summed E-state index contributed by atoms with van der Waals surface area (Å²) in [4.78, 5) is 23.5. The quantitative estimate of drug-likeness (QED) is 0.128. The number of hydrogen-bond donors (Lipinski definition) is 1. The summed E-state index contributed by atoms with van der Waals surface area (Å²) in [7, 11) is 0. The van der Waals surface area contributed by atoms with Gasteiger partial charge >= 0.3 is 5.97 Å². The van der Waals surface area contributed by atoms with Gasteiger partial charge in [-0.05, 0) is 78.3 Å². The molecule has 0 amide bonds. The Hall–Kier alpha value is -5.91. The molecule has 6 heterocycles. The Bertz CT molecular complexity index is 2870. The van der Waals surface area contributed by atoms with Gasteiger partial charge in [-0.2, -0.15) is 5.26 Å². The zero-order valence-corrected chi connectivity index (χ0v) is 37.9. The van der Waals surface area contributed by atoms with Gasteiger partial charge in [0.2, 0.25) is 0 Å². The van der Waals surface area contributed by atoms with Crippen molar-refractivity contribution in [3.8, 4) is 59.8 Å². The second kappa shape index (κ2) is 17.8. The molecule has 62 heavy (non-hydrogen) atoms. The molecule has 0 unspecified atom stereocenters. The van der Waals surface area contributed by atoms with E-state index in [2.05, 4.69) is 98.2 Å². The first-order chi connectivity index (χ1) is 30.1. The molecule has 0 fully saturated rings. The summed E-state index contributed by atoms with van der Waals surface area (Å²) in [5, 5.41) is 20.6. The third-order valence-corrected chi connectivity index (χ3v) is 14.9. The molecular weight excluding hydrogens is 855 g/mol. The Morgan fingerprint density at radius 3 is 1.82 bits per heavy atom. The Balaban J connectivity index is 1.14. The molecule has 0 atom stereocenters. The highest BCUT2D eigenvalue weighted by Crippen LogP contribution is 2.60. The average molecular weight is 898 g/mol. The van der Waals surface area contributed by atoms with Crippen LogP contribution < -0.4 is 33.0 Å². The van der Waals surface area contributed by atoms with E-state index < -0.39 is 11.5 Å². The number of aliphatic carboxylic acids is 1. The topological polar surface area (TPSA) is 114 Å². The summed E-state index contributed by atoms with van der Waals surface area (Å²) in [6.45, 7) is 10.6. The summed E-state index contributed by atoms with van der Waals surface area (Å²) in [6.07, 6.45) is 4.01. The fourth-order valence-corrected chi connectivity index (χ4v) is 12.3. The summed E-state index contributed by atoms with van der Waals surface area (Å²) in [5.41, 5.74) is 5.80. The smallest absolute Gasteiger partial charge is 0.349 e. The van der Waals surface area contributed by atoms with Crippen LogP contribution in [0.25, 0.3) is 42.4 Å². The van der Waals surface area contributed by atoms with Crippen LogP contribution in [0.4, 0.5) is 16.4 Å². The van der Waals surface area contributed by atoms with Crippen molar-refractivity contribution in [3.63, 3.8) is 0 Å². The molecule has 9 nitrogen and oxygen atoms in total. The van der Waals surface area contributed by atoms with E-state index in [4.69, 9.17) is 18.9 Å². The van der Waals surface area contributed by atoms with Crippen LogP contribution in [0, 0.1) is 23.2 Å². The van der Waals surface area contributed by atoms with Gasteiger partial charge < -0.3 is 29.0 Å². The summed E-state index contributed by atoms with van der Waals surface area (Å²) < 4.78 is 26.4. The molecule has 9 rings (SSSR count). The van der Waals surface area contributed by atoms with Crippen molar-refractivity contribution < 1.29 is 28.8 Å². The zero-order valence-electron chi connectivity index (χ0n) is 34.6. The minimum atomic E-state index is -1.32. The highest BCUT2D eigenvalue weighted by molar-refractivity contribution is 7.28. The molecule has 7 aromatic rings. The predicted molar refractivity (Wildman–Crippen MR) is 252 cm³/mol. The second-order valence-electron chi connectivity index (χ2n) is 15.8. The van der Waals surface area contributed by atoms with Gasteiger partial charge in [-0.3, -0.25) is 0 Å². The number of anilines is 3. The van der Waals surface area contributed by atoms with Gasteiger partial charge in [0.15, 0.2) is 28.6 Å². The van der Waals surface area contributed by atoms with E-state index in [9.17, 15) is 15.2 Å². The summed E-state index contributed by atoms with van der Waals surface area (Å²) in [5.74, 6) is 2.43. The average Bonchev–Trinajstić information content (AvgIpc) is 4.08. The Morgan fingerprint density at radius 2 is 1.26 bits per heavy atom. The summed E-state index contributed by atoms with van der Waals surface area (Å²) >= 11 is 5.98. The number of hydrogen-bond acceptors (Lipinski definition) is 12. The number of thiophene rings is 3. The van der Waals surface area contributed by atoms with Gasteiger partial charge in [0.1, 0.15) is 42.2 Å². The second-order valence-corrected chi connectivity index (χ2v) is 20.0. The first-order valence-electron chi connectivity index (χ1n) is 20.5. The van der Waals surface area contributed by atoms with Crippen LogP contribution in [-0.2, 0) is 17.6 Å². The molecule has 3 aromatic carbocycles. The summed E-state index contributed by atoms with van der Waals surface area (Å²) in [6, 6.07) is 33.6. The van der Waals surface area contributed by atoms with Crippen molar-refractivity contribution >= 4 is 79.3 Å². The van der Waals surface area contributed by atoms with Crippen LogP contribution in [0.15, 0.2) is 91.0 Å². The molecule has 13 heteroatoms. The maximum absolute atomic E-state index is 12.0. The first-order valence-corrected chi connectivity index (χ1v) is 23.8. The van der Waals surface area contributed by atoms with Crippen LogP contribution in [0.3, 0.4) is 0 Å². The van der Waals surface area contributed by atoms with Crippen molar-refractivity contribution in [1.82, 2.24) is 4.98 Å². The number of rotatable bonds is 12. The molecule has 1 N–H and O–H groups in total. The van der Waals surface area contributed by atoms with E-state index in [-0.39, 0.29) is 4.66 Å². The monoisotopic (exact) mass is 897 g/mol. The molecule has 2 aliphatic rings. The number of fused-ring (bicyclic) bond motifs is 2.